The van der Waals surface area contributed by atoms with Crippen molar-refractivity contribution in [2.24, 2.45) is 10.2 Å². The maximum Gasteiger partial charge on any atom is 0.296 e. The third-order valence-corrected chi connectivity index (χ3v) is 4.15. The van der Waals surface area contributed by atoms with Crippen LogP contribution in [0.25, 0.3) is 0 Å². The molecule has 0 bridgehead atoms. The fraction of sp³-hybridized carbons (Fsp3) is 0. The molecule has 0 amide bonds. The van der Waals surface area contributed by atoms with Gasteiger partial charge in [0.05, 0.1) is 17.1 Å². The van der Waals surface area contributed by atoms with Crippen molar-refractivity contribution in [3.05, 3.63) is 42.5 Å². The maximum absolute atomic E-state index is 11.1. The summed E-state index contributed by atoms with van der Waals surface area (Å²) < 4.78 is 52.7. The zero-order chi connectivity index (χ0) is 16.3. The molecule has 0 aliphatic carbocycles. The lowest BCUT2D eigenvalue weighted by Gasteiger charge is -2.04. The molecule has 3 N–H and O–H groups in total. The summed E-state index contributed by atoms with van der Waals surface area (Å²) in [4.78, 5) is -0.346. The van der Waals surface area contributed by atoms with Crippen molar-refractivity contribution in [2.45, 2.75) is 9.79 Å². The minimum Gasteiger partial charge on any atom is -0.768 e. The van der Waals surface area contributed by atoms with Crippen LogP contribution in [0.3, 0.4) is 0 Å². The largest absolute Gasteiger partial charge is 0.768 e. The van der Waals surface area contributed by atoms with Gasteiger partial charge in [-0.2, -0.15) is 18.6 Å². The highest BCUT2D eigenvalue weighted by molar-refractivity contribution is 7.86. The number of azo groups is 1. The summed E-state index contributed by atoms with van der Waals surface area (Å²) in [7, 11) is -4.45. The average molecular weight is 340 g/mol. The maximum atomic E-state index is 11.1. The first kappa shape index (κ1) is 16.2. The van der Waals surface area contributed by atoms with Crippen molar-refractivity contribution >= 4 is 38.3 Å². The SMILES string of the molecule is Nc1ccc(N=Nc2ccc(S(=O)[O-])cc2)cc1S(=O)(=O)O. The molecule has 0 aliphatic rings. The quantitative estimate of drug-likeness (QED) is 0.377. The van der Waals surface area contributed by atoms with Crippen LogP contribution in [0.15, 0.2) is 62.5 Å². The van der Waals surface area contributed by atoms with E-state index in [2.05, 4.69) is 10.2 Å². The minimum atomic E-state index is -4.45. The van der Waals surface area contributed by atoms with Crippen LogP contribution in [0.4, 0.5) is 17.1 Å². The Labute approximate surface area is 128 Å². The van der Waals surface area contributed by atoms with E-state index in [1.165, 1.54) is 36.4 Å². The van der Waals surface area contributed by atoms with E-state index in [4.69, 9.17) is 10.3 Å². The molecule has 2 aromatic rings. The van der Waals surface area contributed by atoms with E-state index in [1.54, 1.807) is 0 Å². The van der Waals surface area contributed by atoms with E-state index in [-0.39, 0.29) is 16.3 Å². The van der Waals surface area contributed by atoms with Crippen LogP contribution < -0.4 is 5.73 Å². The topological polar surface area (TPSA) is 145 Å². The van der Waals surface area contributed by atoms with Crippen molar-refractivity contribution in [1.29, 1.82) is 0 Å². The highest BCUT2D eigenvalue weighted by atomic mass is 32.2. The molecule has 2 aromatic carbocycles. The van der Waals surface area contributed by atoms with Gasteiger partial charge in [0.25, 0.3) is 10.1 Å². The van der Waals surface area contributed by atoms with Crippen LogP contribution >= 0.6 is 0 Å². The molecule has 22 heavy (non-hydrogen) atoms. The predicted molar refractivity (Wildman–Crippen MR) is 78.5 cm³/mol. The first-order valence-electron chi connectivity index (χ1n) is 5.75. The predicted octanol–water partition coefficient (Wildman–Crippen LogP) is 2.17. The Morgan fingerprint density at radius 3 is 2.14 bits per heavy atom. The van der Waals surface area contributed by atoms with Gasteiger partial charge in [0, 0.05) is 4.90 Å². The number of anilines is 1. The normalized spacial score (nSPS) is 13.4. The van der Waals surface area contributed by atoms with Crippen LogP contribution in [0.2, 0.25) is 0 Å². The molecule has 0 aromatic heterocycles. The van der Waals surface area contributed by atoms with Gasteiger partial charge in [0.15, 0.2) is 0 Å². The molecule has 116 valence electrons. The summed E-state index contributed by atoms with van der Waals surface area (Å²) >= 11 is -2.32. The van der Waals surface area contributed by atoms with E-state index in [0.29, 0.717) is 5.69 Å². The van der Waals surface area contributed by atoms with Crippen LogP contribution in [0.5, 0.6) is 0 Å². The van der Waals surface area contributed by atoms with Gasteiger partial charge in [-0.3, -0.25) is 8.76 Å². The van der Waals surface area contributed by atoms with Crippen molar-refractivity contribution in [3.63, 3.8) is 0 Å². The van der Waals surface area contributed by atoms with Gasteiger partial charge in [-0.05, 0) is 53.5 Å². The molecule has 10 heteroatoms. The van der Waals surface area contributed by atoms with E-state index in [9.17, 15) is 17.2 Å². The molecule has 0 fully saturated rings. The van der Waals surface area contributed by atoms with Crippen LogP contribution in [0, 0.1) is 0 Å². The van der Waals surface area contributed by atoms with Crippen LogP contribution in [-0.4, -0.2) is 21.7 Å². The first-order chi connectivity index (χ1) is 10.3. The van der Waals surface area contributed by atoms with Crippen molar-refractivity contribution in [1.82, 2.24) is 0 Å². The van der Waals surface area contributed by atoms with E-state index < -0.39 is 26.1 Å². The van der Waals surface area contributed by atoms with Crippen LogP contribution in [-0.2, 0) is 21.2 Å². The molecule has 8 nitrogen and oxygen atoms in total. The monoisotopic (exact) mass is 340 g/mol. The van der Waals surface area contributed by atoms with Gasteiger partial charge >= 0.3 is 0 Å². The Morgan fingerprint density at radius 2 is 1.59 bits per heavy atom. The smallest absolute Gasteiger partial charge is 0.296 e. The highest BCUT2D eigenvalue weighted by Crippen LogP contribution is 2.26. The summed E-state index contributed by atoms with van der Waals surface area (Å²) in [5, 5.41) is 7.64. The Kier molecular flexibility index (Phi) is 4.66. The summed E-state index contributed by atoms with van der Waals surface area (Å²) in [6.45, 7) is 0. The van der Waals surface area contributed by atoms with Gasteiger partial charge in [0.1, 0.15) is 4.90 Å². The number of nitrogens with two attached hydrogens (primary N) is 1. The summed E-state index contributed by atoms with van der Waals surface area (Å²) in [5.74, 6) is 0. The lowest BCUT2D eigenvalue weighted by Crippen LogP contribution is -2.02. The van der Waals surface area contributed by atoms with Crippen molar-refractivity contribution < 1.29 is 21.7 Å². The molecule has 1 unspecified atom stereocenters. The van der Waals surface area contributed by atoms with Crippen molar-refractivity contribution in [3.8, 4) is 0 Å². The van der Waals surface area contributed by atoms with Gasteiger partial charge in [-0.25, -0.2) is 0 Å². The number of benzene rings is 2. The summed E-state index contributed by atoms with van der Waals surface area (Å²) in [6.07, 6.45) is 0. The van der Waals surface area contributed by atoms with E-state index in [0.717, 1.165) is 6.07 Å². The molecular formula is C12H10N3O5S2-. The number of nitrogens with zero attached hydrogens (tertiary/aromatic N) is 2. The van der Waals surface area contributed by atoms with Gasteiger partial charge in [0.2, 0.25) is 0 Å². The number of rotatable bonds is 4. The minimum absolute atomic E-state index is 0.108. The summed E-state index contributed by atoms with van der Waals surface area (Å²) in [6, 6.07) is 9.37. The summed E-state index contributed by atoms with van der Waals surface area (Å²) in [5.41, 5.74) is 5.89. The van der Waals surface area contributed by atoms with Gasteiger partial charge < -0.3 is 10.3 Å². The Hall–Kier alpha value is -2.14. The number of hydrogen-bond donors (Lipinski definition) is 2. The fourth-order valence-electron chi connectivity index (χ4n) is 1.55. The average Bonchev–Trinajstić information content (AvgIpc) is 2.45. The highest BCUT2D eigenvalue weighted by Gasteiger charge is 2.14. The Morgan fingerprint density at radius 1 is 1.05 bits per heavy atom. The Balaban J connectivity index is 2.29. The molecule has 0 saturated heterocycles. The second-order valence-electron chi connectivity index (χ2n) is 4.13. The van der Waals surface area contributed by atoms with E-state index >= 15 is 0 Å². The molecule has 0 spiro atoms. The molecule has 0 radical (unpaired) electrons. The lowest BCUT2D eigenvalue weighted by molar-refractivity contribution is 0.483. The molecule has 2 rings (SSSR count). The van der Waals surface area contributed by atoms with Crippen molar-refractivity contribution in [2.75, 3.05) is 5.73 Å². The molecule has 0 saturated carbocycles. The Bertz CT molecular complexity index is 848. The molecule has 1 atom stereocenters. The second kappa shape index (κ2) is 6.32. The molecule has 0 heterocycles. The van der Waals surface area contributed by atoms with Crippen LogP contribution in [0.1, 0.15) is 0 Å². The third-order valence-electron chi connectivity index (χ3n) is 2.59. The van der Waals surface area contributed by atoms with Gasteiger partial charge in [-0.1, -0.05) is 0 Å². The molecule has 0 aliphatic heterocycles. The zero-order valence-corrected chi connectivity index (χ0v) is 12.5. The second-order valence-corrected chi connectivity index (χ2v) is 6.46. The molecular weight excluding hydrogens is 330 g/mol. The fourth-order valence-corrected chi connectivity index (χ4v) is 2.54. The third kappa shape index (κ3) is 3.95. The van der Waals surface area contributed by atoms with E-state index in [1.807, 2.05) is 0 Å². The van der Waals surface area contributed by atoms with Gasteiger partial charge in [-0.15, -0.1) is 0 Å². The number of hydrogen-bond acceptors (Lipinski definition) is 7. The lowest BCUT2D eigenvalue weighted by atomic mass is 10.3. The zero-order valence-electron chi connectivity index (χ0n) is 10.9. The first-order valence-corrected chi connectivity index (χ1v) is 8.27. The standard InChI is InChI=1S/C12H11N3O5S2/c13-11-6-3-9(7-12(11)22(18,19)20)15-14-8-1-4-10(5-2-8)21(16)17/h1-7H,13H2,(H,16,17)(H,18,19,20)/p-1. The number of nitrogen functional groups attached to an aromatic ring is 1.